The molecule has 0 fully saturated rings. The molecule has 6 nitrogen and oxygen atoms in total. The third-order valence-electron chi connectivity index (χ3n) is 4.10. The number of hydrogen-bond donors (Lipinski definition) is 1. The van der Waals surface area contributed by atoms with Crippen LogP contribution in [-0.4, -0.2) is 21.0 Å². The molecule has 1 amide bonds. The molecular weight excluding hydrogens is 348 g/mol. The third kappa shape index (κ3) is 4.11. The lowest BCUT2D eigenvalue weighted by atomic mass is 10.1. The lowest BCUT2D eigenvalue weighted by Crippen LogP contribution is -2.27. The highest BCUT2D eigenvalue weighted by Crippen LogP contribution is 2.27. The first kappa shape index (κ1) is 18.1. The molecule has 0 radical (unpaired) electrons. The maximum atomic E-state index is 12.7. The fraction of sp³-hybridized carbons (Fsp3) is 0.263. The van der Waals surface area contributed by atoms with Crippen molar-refractivity contribution < 1.29 is 9.32 Å². The van der Waals surface area contributed by atoms with Crippen LogP contribution < -0.4 is 5.32 Å². The van der Waals surface area contributed by atoms with E-state index >= 15 is 0 Å². The smallest absolute Gasteiger partial charge is 0.254 e. The molecule has 0 aromatic carbocycles. The molecule has 0 aliphatic heterocycles. The summed E-state index contributed by atoms with van der Waals surface area (Å²) in [6.45, 7) is 5.74. The second-order valence-electron chi connectivity index (χ2n) is 5.92. The Morgan fingerprint density at radius 2 is 2.00 bits per heavy atom. The first-order chi connectivity index (χ1) is 12.6. The molecule has 3 aromatic heterocycles. The lowest BCUT2D eigenvalue weighted by Gasteiger charge is -2.15. The number of amides is 1. The van der Waals surface area contributed by atoms with E-state index in [4.69, 9.17) is 4.52 Å². The number of aryl methyl sites for hydroxylation is 2. The fourth-order valence-corrected chi connectivity index (χ4v) is 3.68. The number of carbonyl (C=O) groups excluding carboxylic acids is 1. The van der Waals surface area contributed by atoms with Crippen molar-refractivity contribution >= 4 is 17.7 Å². The Morgan fingerprint density at radius 1 is 1.23 bits per heavy atom. The number of thioether (sulfide) groups is 1. The zero-order valence-electron chi connectivity index (χ0n) is 14.9. The summed E-state index contributed by atoms with van der Waals surface area (Å²) in [5.41, 5.74) is 3.47. The quantitative estimate of drug-likeness (QED) is 0.665. The maximum absolute atomic E-state index is 12.7. The van der Waals surface area contributed by atoms with Gasteiger partial charge in [0.25, 0.3) is 5.91 Å². The van der Waals surface area contributed by atoms with Gasteiger partial charge in [0.05, 0.1) is 17.3 Å². The monoisotopic (exact) mass is 368 g/mol. The van der Waals surface area contributed by atoms with Gasteiger partial charge in [-0.15, -0.1) is 11.8 Å². The van der Waals surface area contributed by atoms with E-state index < -0.39 is 0 Å². The summed E-state index contributed by atoms with van der Waals surface area (Å²) in [4.78, 5) is 21.1. The van der Waals surface area contributed by atoms with Crippen LogP contribution in [0.25, 0.3) is 0 Å². The zero-order valence-corrected chi connectivity index (χ0v) is 15.7. The molecule has 1 unspecified atom stereocenters. The predicted octanol–water partition coefficient (Wildman–Crippen LogP) is 3.86. The van der Waals surface area contributed by atoms with Gasteiger partial charge in [-0.05, 0) is 50.6 Å². The van der Waals surface area contributed by atoms with Crippen molar-refractivity contribution in [1.82, 2.24) is 20.4 Å². The Kier molecular flexibility index (Phi) is 5.68. The van der Waals surface area contributed by atoms with Crippen LogP contribution in [0.5, 0.6) is 0 Å². The number of aromatic nitrogens is 3. The van der Waals surface area contributed by atoms with Gasteiger partial charge in [0.1, 0.15) is 10.8 Å². The number of pyridine rings is 2. The van der Waals surface area contributed by atoms with Gasteiger partial charge in [-0.2, -0.15) is 0 Å². The molecule has 0 aliphatic carbocycles. The van der Waals surface area contributed by atoms with Crippen molar-refractivity contribution in [2.24, 2.45) is 0 Å². The van der Waals surface area contributed by atoms with E-state index in [0.717, 1.165) is 22.6 Å². The molecular formula is C19H20N4O2S. The van der Waals surface area contributed by atoms with Gasteiger partial charge >= 0.3 is 0 Å². The second-order valence-corrected chi connectivity index (χ2v) is 6.89. The van der Waals surface area contributed by atoms with Gasteiger partial charge in [0.15, 0.2) is 0 Å². The summed E-state index contributed by atoms with van der Waals surface area (Å²) in [6, 6.07) is 7.22. The minimum Gasteiger partial charge on any atom is -0.361 e. The SMILES string of the molecule is Cc1noc(C)c1CSc1ncccc1C(=O)NC(C)c1ccncc1. The van der Waals surface area contributed by atoms with Gasteiger partial charge in [-0.25, -0.2) is 4.98 Å². The van der Waals surface area contributed by atoms with Crippen molar-refractivity contribution in [2.75, 3.05) is 0 Å². The van der Waals surface area contributed by atoms with Crippen LogP contribution in [0.1, 0.15) is 45.9 Å². The molecule has 3 aromatic rings. The fourth-order valence-electron chi connectivity index (χ4n) is 2.54. The Morgan fingerprint density at radius 3 is 2.69 bits per heavy atom. The molecule has 0 bridgehead atoms. The second kappa shape index (κ2) is 8.14. The summed E-state index contributed by atoms with van der Waals surface area (Å²) in [7, 11) is 0. The molecule has 0 saturated carbocycles. The Balaban J connectivity index is 1.73. The van der Waals surface area contributed by atoms with Crippen molar-refractivity contribution in [3.63, 3.8) is 0 Å². The van der Waals surface area contributed by atoms with E-state index in [1.807, 2.05) is 32.9 Å². The third-order valence-corrected chi connectivity index (χ3v) is 5.14. The molecule has 1 N–H and O–H groups in total. The van der Waals surface area contributed by atoms with Crippen LogP contribution in [0.2, 0.25) is 0 Å². The van der Waals surface area contributed by atoms with E-state index in [0.29, 0.717) is 16.3 Å². The normalized spacial score (nSPS) is 12.0. The predicted molar refractivity (Wildman–Crippen MR) is 99.9 cm³/mol. The first-order valence-electron chi connectivity index (χ1n) is 8.26. The van der Waals surface area contributed by atoms with E-state index in [9.17, 15) is 4.79 Å². The molecule has 0 spiro atoms. The summed E-state index contributed by atoms with van der Waals surface area (Å²) in [5.74, 6) is 1.30. The highest BCUT2D eigenvalue weighted by atomic mass is 32.2. The van der Waals surface area contributed by atoms with Gasteiger partial charge in [-0.1, -0.05) is 5.16 Å². The highest BCUT2D eigenvalue weighted by Gasteiger charge is 2.17. The largest absolute Gasteiger partial charge is 0.361 e. The minimum absolute atomic E-state index is 0.119. The van der Waals surface area contributed by atoms with Crippen LogP contribution in [0, 0.1) is 13.8 Å². The average molecular weight is 368 g/mol. The standard InChI is InChI=1S/C19H20N4O2S/c1-12(15-6-9-20-10-7-15)22-18(24)16-5-4-8-21-19(16)26-11-17-13(2)23-25-14(17)3/h4-10,12H,11H2,1-3H3,(H,22,24). The molecule has 134 valence electrons. The van der Waals surface area contributed by atoms with Gasteiger partial charge in [0, 0.05) is 29.9 Å². The van der Waals surface area contributed by atoms with Gasteiger partial charge in [0.2, 0.25) is 0 Å². The molecule has 0 saturated heterocycles. The summed E-state index contributed by atoms with van der Waals surface area (Å²) < 4.78 is 5.19. The average Bonchev–Trinajstić information content (AvgIpc) is 2.98. The number of rotatable bonds is 6. The molecule has 26 heavy (non-hydrogen) atoms. The van der Waals surface area contributed by atoms with Gasteiger partial charge in [-0.3, -0.25) is 9.78 Å². The molecule has 1 atom stereocenters. The first-order valence-corrected chi connectivity index (χ1v) is 9.25. The van der Waals surface area contributed by atoms with Crippen LogP contribution in [0.15, 0.2) is 52.4 Å². The molecule has 7 heteroatoms. The Bertz CT molecular complexity index is 876. The summed E-state index contributed by atoms with van der Waals surface area (Å²) in [5, 5.41) is 7.67. The van der Waals surface area contributed by atoms with Crippen molar-refractivity contribution in [2.45, 2.75) is 37.6 Å². The number of carbonyl (C=O) groups is 1. The Hall–Kier alpha value is -2.67. The maximum Gasteiger partial charge on any atom is 0.254 e. The molecule has 3 heterocycles. The Labute approximate surface area is 156 Å². The van der Waals surface area contributed by atoms with Crippen LogP contribution in [-0.2, 0) is 5.75 Å². The minimum atomic E-state index is -0.149. The van der Waals surface area contributed by atoms with Crippen molar-refractivity contribution in [3.8, 4) is 0 Å². The number of nitrogens with one attached hydrogen (secondary N) is 1. The van der Waals surface area contributed by atoms with Crippen molar-refractivity contribution in [3.05, 3.63) is 71.0 Å². The molecule has 0 aliphatic rings. The van der Waals surface area contributed by atoms with Crippen LogP contribution >= 0.6 is 11.8 Å². The number of nitrogens with zero attached hydrogens (tertiary/aromatic N) is 3. The highest BCUT2D eigenvalue weighted by molar-refractivity contribution is 7.98. The van der Waals surface area contributed by atoms with E-state index in [1.54, 1.807) is 30.7 Å². The van der Waals surface area contributed by atoms with Crippen molar-refractivity contribution in [1.29, 1.82) is 0 Å². The van der Waals surface area contributed by atoms with E-state index in [1.165, 1.54) is 11.8 Å². The van der Waals surface area contributed by atoms with Gasteiger partial charge < -0.3 is 9.84 Å². The number of hydrogen-bond acceptors (Lipinski definition) is 6. The van der Waals surface area contributed by atoms with E-state index in [-0.39, 0.29) is 11.9 Å². The lowest BCUT2D eigenvalue weighted by molar-refractivity contribution is 0.0936. The summed E-state index contributed by atoms with van der Waals surface area (Å²) in [6.07, 6.45) is 5.12. The topological polar surface area (TPSA) is 80.9 Å². The summed E-state index contributed by atoms with van der Waals surface area (Å²) >= 11 is 1.50. The van der Waals surface area contributed by atoms with Crippen LogP contribution in [0.4, 0.5) is 0 Å². The zero-order chi connectivity index (χ0) is 18.5. The van der Waals surface area contributed by atoms with E-state index in [2.05, 4.69) is 20.4 Å². The van der Waals surface area contributed by atoms with Crippen LogP contribution in [0.3, 0.4) is 0 Å². The molecule has 3 rings (SSSR count).